The largest absolute Gasteiger partial charge is 0.497 e. The Labute approximate surface area is 197 Å². The summed E-state index contributed by atoms with van der Waals surface area (Å²) in [4.78, 5) is 6.77. The fraction of sp³-hybridized carbons (Fsp3) is 0.650. The lowest BCUT2D eigenvalue weighted by Crippen LogP contribution is -2.43. The van der Waals surface area contributed by atoms with Crippen LogP contribution in [0, 0.1) is 0 Å². The van der Waals surface area contributed by atoms with Gasteiger partial charge in [-0.25, -0.2) is 8.42 Å². The third-order valence-corrected chi connectivity index (χ3v) is 5.81. The molecule has 0 amide bonds. The van der Waals surface area contributed by atoms with E-state index in [0.29, 0.717) is 19.1 Å². The predicted octanol–water partition coefficient (Wildman–Crippen LogP) is 1.68. The van der Waals surface area contributed by atoms with Gasteiger partial charge in [-0.3, -0.25) is 9.89 Å². The van der Waals surface area contributed by atoms with E-state index in [0.717, 1.165) is 25.4 Å². The van der Waals surface area contributed by atoms with Crippen LogP contribution in [0.15, 0.2) is 29.3 Å². The molecule has 1 aromatic carbocycles. The van der Waals surface area contributed by atoms with Crippen molar-refractivity contribution in [1.82, 2.24) is 15.5 Å². The maximum absolute atomic E-state index is 11.1. The molecule has 0 bridgehead atoms. The van der Waals surface area contributed by atoms with E-state index in [-0.39, 0.29) is 42.4 Å². The summed E-state index contributed by atoms with van der Waals surface area (Å²) in [7, 11) is 0.426. The second-order valence-electron chi connectivity index (χ2n) is 7.15. The SMILES string of the molecule is CN=C(NCCOCCS(C)(=O)=O)NCC(c1ccc(OC)cc1)N1CCCC1.I. The van der Waals surface area contributed by atoms with Crippen LogP contribution in [0.2, 0.25) is 0 Å². The Morgan fingerprint density at radius 3 is 2.40 bits per heavy atom. The summed E-state index contributed by atoms with van der Waals surface area (Å²) < 4.78 is 32.8. The van der Waals surface area contributed by atoms with E-state index in [1.807, 2.05) is 12.1 Å². The number of aliphatic imine (C=N–C) groups is 1. The van der Waals surface area contributed by atoms with Crippen LogP contribution in [0.25, 0.3) is 0 Å². The molecule has 1 fully saturated rings. The van der Waals surface area contributed by atoms with Crippen molar-refractivity contribution < 1.29 is 17.9 Å². The fourth-order valence-corrected chi connectivity index (χ4v) is 3.73. The van der Waals surface area contributed by atoms with Gasteiger partial charge in [-0.1, -0.05) is 12.1 Å². The summed E-state index contributed by atoms with van der Waals surface area (Å²) in [6, 6.07) is 8.50. The van der Waals surface area contributed by atoms with Gasteiger partial charge >= 0.3 is 0 Å². The maximum atomic E-state index is 11.1. The van der Waals surface area contributed by atoms with Crippen LogP contribution < -0.4 is 15.4 Å². The van der Waals surface area contributed by atoms with Crippen molar-refractivity contribution in [1.29, 1.82) is 0 Å². The molecule has 8 nitrogen and oxygen atoms in total. The third-order valence-electron chi connectivity index (χ3n) is 4.91. The normalized spacial score (nSPS) is 16.0. The van der Waals surface area contributed by atoms with Crippen molar-refractivity contribution in [2.24, 2.45) is 4.99 Å². The second-order valence-corrected chi connectivity index (χ2v) is 9.41. The van der Waals surface area contributed by atoms with Crippen molar-refractivity contribution in [3.05, 3.63) is 29.8 Å². The molecule has 0 radical (unpaired) electrons. The van der Waals surface area contributed by atoms with Crippen molar-refractivity contribution in [3.8, 4) is 5.75 Å². The molecule has 0 spiro atoms. The van der Waals surface area contributed by atoms with Gasteiger partial charge in [0.1, 0.15) is 15.6 Å². The highest BCUT2D eigenvalue weighted by Gasteiger charge is 2.23. The van der Waals surface area contributed by atoms with Gasteiger partial charge in [-0.2, -0.15) is 0 Å². The summed E-state index contributed by atoms with van der Waals surface area (Å²) in [6.07, 6.45) is 3.66. The van der Waals surface area contributed by atoms with Crippen LogP contribution >= 0.6 is 24.0 Å². The topological polar surface area (TPSA) is 92.3 Å². The fourth-order valence-electron chi connectivity index (χ4n) is 3.31. The van der Waals surface area contributed by atoms with Crippen LogP contribution in [0.5, 0.6) is 5.75 Å². The highest BCUT2D eigenvalue weighted by molar-refractivity contribution is 14.0. The summed E-state index contributed by atoms with van der Waals surface area (Å²) in [5, 5.41) is 6.61. The van der Waals surface area contributed by atoms with E-state index in [4.69, 9.17) is 9.47 Å². The van der Waals surface area contributed by atoms with Gasteiger partial charge < -0.3 is 20.1 Å². The molecule has 172 valence electrons. The number of methoxy groups -OCH3 is 1. The first-order chi connectivity index (χ1) is 13.9. The molecule has 1 atom stereocenters. The number of guanidine groups is 1. The van der Waals surface area contributed by atoms with E-state index in [2.05, 4.69) is 32.7 Å². The Hall–Kier alpha value is -1.11. The minimum absolute atomic E-state index is 0. The van der Waals surface area contributed by atoms with Gasteiger partial charge in [0.2, 0.25) is 0 Å². The summed E-state index contributed by atoms with van der Waals surface area (Å²) in [6.45, 7) is 4.11. The highest BCUT2D eigenvalue weighted by atomic mass is 127. The summed E-state index contributed by atoms with van der Waals surface area (Å²) in [5.41, 5.74) is 1.25. The molecule has 1 heterocycles. The Kier molecular flexibility index (Phi) is 12.6. The highest BCUT2D eigenvalue weighted by Crippen LogP contribution is 2.26. The molecule has 1 aliphatic rings. The molecule has 2 N–H and O–H groups in total. The van der Waals surface area contributed by atoms with Crippen molar-refractivity contribution >= 4 is 39.8 Å². The van der Waals surface area contributed by atoms with Gasteiger partial charge in [0.25, 0.3) is 0 Å². The lowest BCUT2D eigenvalue weighted by atomic mass is 10.1. The first-order valence-corrected chi connectivity index (χ1v) is 12.1. The molecule has 0 aliphatic carbocycles. The van der Waals surface area contributed by atoms with Crippen LogP contribution in [0.4, 0.5) is 0 Å². The molecule has 0 saturated carbocycles. The zero-order valence-electron chi connectivity index (χ0n) is 18.1. The minimum atomic E-state index is -2.98. The standard InChI is InChI=1S/C20H34N4O4S.HI/c1-21-20(22-10-13-28-14-15-29(3,25)26)23-16-19(24-11-4-5-12-24)17-6-8-18(27-2)9-7-17;/h6-9,19H,4-5,10-16H2,1-3H3,(H2,21,22,23);1H. The van der Waals surface area contributed by atoms with E-state index in [9.17, 15) is 8.42 Å². The van der Waals surface area contributed by atoms with Crippen molar-refractivity contribution in [2.75, 3.05) is 65.6 Å². The van der Waals surface area contributed by atoms with E-state index in [1.165, 1.54) is 24.7 Å². The monoisotopic (exact) mass is 554 g/mol. The molecular formula is C20H35IN4O4S. The Balaban J connectivity index is 0.00000450. The molecule has 1 unspecified atom stereocenters. The number of hydrogen-bond acceptors (Lipinski definition) is 6. The third kappa shape index (κ3) is 9.80. The van der Waals surface area contributed by atoms with Crippen LogP contribution in [0.1, 0.15) is 24.4 Å². The van der Waals surface area contributed by atoms with Crippen LogP contribution in [-0.4, -0.2) is 84.8 Å². The maximum Gasteiger partial charge on any atom is 0.191 e. The molecule has 0 aromatic heterocycles. The Morgan fingerprint density at radius 1 is 1.17 bits per heavy atom. The number of nitrogens with one attached hydrogen (secondary N) is 2. The zero-order valence-corrected chi connectivity index (χ0v) is 21.2. The summed E-state index contributed by atoms with van der Waals surface area (Å²) >= 11 is 0. The number of nitrogens with zero attached hydrogens (tertiary/aromatic N) is 2. The van der Waals surface area contributed by atoms with Gasteiger partial charge in [-0.15, -0.1) is 24.0 Å². The minimum Gasteiger partial charge on any atom is -0.497 e. The molecule has 1 aliphatic heterocycles. The number of hydrogen-bond donors (Lipinski definition) is 2. The van der Waals surface area contributed by atoms with E-state index < -0.39 is 9.84 Å². The quantitative estimate of drug-likeness (QED) is 0.186. The molecule has 10 heteroatoms. The lowest BCUT2D eigenvalue weighted by Gasteiger charge is -2.29. The molecule has 1 saturated heterocycles. The van der Waals surface area contributed by atoms with E-state index >= 15 is 0 Å². The Bertz CT molecular complexity index is 738. The lowest BCUT2D eigenvalue weighted by molar-refractivity contribution is 0.154. The van der Waals surface area contributed by atoms with Gasteiger partial charge in [-0.05, 0) is 43.6 Å². The smallest absolute Gasteiger partial charge is 0.191 e. The van der Waals surface area contributed by atoms with Gasteiger partial charge in [0.15, 0.2) is 5.96 Å². The number of benzene rings is 1. The average molecular weight is 554 g/mol. The number of ether oxygens (including phenoxy) is 2. The molecular weight excluding hydrogens is 519 g/mol. The van der Waals surface area contributed by atoms with Crippen molar-refractivity contribution in [3.63, 3.8) is 0 Å². The number of halogens is 1. The average Bonchev–Trinajstić information content (AvgIpc) is 3.23. The number of likely N-dealkylation sites (tertiary alicyclic amines) is 1. The predicted molar refractivity (Wildman–Crippen MR) is 132 cm³/mol. The first kappa shape index (κ1) is 26.9. The molecule has 2 rings (SSSR count). The van der Waals surface area contributed by atoms with Crippen LogP contribution in [0.3, 0.4) is 0 Å². The number of rotatable bonds is 11. The Morgan fingerprint density at radius 2 is 1.83 bits per heavy atom. The molecule has 30 heavy (non-hydrogen) atoms. The van der Waals surface area contributed by atoms with Crippen LogP contribution in [-0.2, 0) is 14.6 Å². The van der Waals surface area contributed by atoms with Gasteiger partial charge in [0, 0.05) is 26.4 Å². The summed E-state index contributed by atoms with van der Waals surface area (Å²) in [5.74, 6) is 1.60. The van der Waals surface area contributed by atoms with Crippen molar-refractivity contribution in [2.45, 2.75) is 18.9 Å². The molecule has 1 aromatic rings. The first-order valence-electron chi connectivity index (χ1n) is 10.0. The van der Waals surface area contributed by atoms with Gasteiger partial charge in [0.05, 0.1) is 32.1 Å². The van der Waals surface area contributed by atoms with E-state index in [1.54, 1.807) is 14.2 Å². The second kappa shape index (κ2) is 14.0. The number of sulfone groups is 1. The zero-order chi connectivity index (χ0) is 21.1.